The van der Waals surface area contributed by atoms with Crippen molar-refractivity contribution in [1.82, 2.24) is 10.6 Å². The fourth-order valence-corrected chi connectivity index (χ4v) is 2.12. The zero-order chi connectivity index (χ0) is 10.5. The molecule has 15 heavy (non-hydrogen) atoms. The van der Waals surface area contributed by atoms with Crippen LogP contribution < -0.4 is 10.6 Å². The summed E-state index contributed by atoms with van der Waals surface area (Å²) in [6.45, 7) is 3.10. The van der Waals surface area contributed by atoms with Crippen molar-refractivity contribution in [3.8, 4) is 0 Å². The van der Waals surface area contributed by atoms with Gasteiger partial charge in [0.1, 0.15) is 0 Å². The Morgan fingerprint density at radius 1 is 1.40 bits per heavy atom. The van der Waals surface area contributed by atoms with Gasteiger partial charge in [-0.1, -0.05) is 29.8 Å². The summed E-state index contributed by atoms with van der Waals surface area (Å²) in [5.41, 5.74) is 1.18. The second kappa shape index (κ2) is 5.50. The number of rotatable bonds is 3. The van der Waals surface area contributed by atoms with E-state index in [1.54, 1.807) is 0 Å². The maximum atomic E-state index is 6.09. The molecule has 0 bridgehead atoms. The van der Waals surface area contributed by atoms with E-state index in [1.807, 2.05) is 18.2 Å². The minimum absolute atomic E-state index is 0.593. The van der Waals surface area contributed by atoms with Gasteiger partial charge in [-0.15, -0.1) is 0 Å². The highest BCUT2D eigenvalue weighted by Gasteiger charge is 2.12. The Kier molecular flexibility index (Phi) is 4.01. The van der Waals surface area contributed by atoms with Crippen LogP contribution in [0, 0.1) is 0 Å². The predicted molar refractivity (Wildman–Crippen MR) is 64.2 cm³/mol. The fourth-order valence-electron chi connectivity index (χ4n) is 1.92. The molecule has 2 rings (SSSR count). The van der Waals surface area contributed by atoms with Gasteiger partial charge in [0.15, 0.2) is 0 Å². The third-order valence-electron chi connectivity index (χ3n) is 2.84. The summed E-state index contributed by atoms with van der Waals surface area (Å²) in [6, 6.07) is 8.61. The highest BCUT2D eigenvalue weighted by Crippen LogP contribution is 2.15. The molecule has 2 nitrogen and oxygen atoms in total. The molecule has 1 aliphatic rings. The zero-order valence-corrected chi connectivity index (χ0v) is 9.56. The van der Waals surface area contributed by atoms with Gasteiger partial charge >= 0.3 is 0 Å². The second-order valence-corrected chi connectivity index (χ2v) is 4.42. The van der Waals surface area contributed by atoms with Gasteiger partial charge in [-0.3, -0.25) is 0 Å². The maximum Gasteiger partial charge on any atom is 0.0450 e. The van der Waals surface area contributed by atoms with Gasteiger partial charge in [-0.25, -0.2) is 0 Å². The highest BCUT2D eigenvalue weighted by molar-refractivity contribution is 6.31. The molecule has 1 saturated heterocycles. The lowest BCUT2D eigenvalue weighted by Gasteiger charge is -2.24. The molecule has 0 radical (unpaired) electrons. The van der Waals surface area contributed by atoms with E-state index in [9.17, 15) is 0 Å². The zero-order valence-electron chi connectivity index (χ0n) is 8.80. The van der Waals surface area contributed by atoms with Crippen molar-refractivity contribution in [2.75, 3.05) is 13.1 Å². The van der Waals surface area contributed by atoms with Crippen LogP contribution in [0.3, 0.4) is 0 Å². The molecule has 0 spiro atoms. The number of benzene rings is 1. The van der Waals surface area contributed by atoms with E-state index in [0.717, 1.165) is 24.7 Å². The Morgan fingerprint density at radius 2 is 2.27 bits per heavy atom. The molecule has 2 N–H and O–H groups in total. The van der Waals surface area contributed by atoms with E-state index in [0.29, 0.717) is 6.04 Å². The molecule has 3 heteroatoms. The summed E-state index contributed by atoms with van der Waals surface area (Å²) in [6.07, 6.45) is 2.53. The Bertz CT molecular complexity index is 308. The minimum atomic E-state index is 0.593. The van der Waals surface area contributed by atoms with Crippen LogP contribution in [0.2, 0.25) is 5.02 Å². The molecular weight excluding hydrogens is 208 g/mol. The standard InChI is InChI=1S/C12H17ClN2/c13-12-6-2-1-4-10(12)8-15-11-5-3-7-14-9-11/h1-2,4,6,11,14-15H,3,5,7-9H2/t11-/m0/s1. The number of piperidine rings is 1. The molecule has 0 saturated carbocycles. The monoisotopic (exact) mass is 224 g/mol. The van der Waals surface area contributed by atoms with Crippen LogP contribution in [0.25, 0.3) is 0 Å². The van der Waals surface area contributed by atoms with Crippen LogP contribution in [0.5, 0.6) is 0 Å². The van der Waals surface area contributed by atoms with Gasteiger partial charge in [0.25, 0.3) is 0 Å². The lowest BCUT2D eigenvalue weighted by molar-refractivity contribution is 0.389. The highest BCUT2D eigenvalue weighted by atomic mass is 35.5. The number of nitrogens with one attached hydrogen (secondary N) is 2. The smallest absolute Gasteiger partial charge is 0.0450 e. The molecule has 1 heterocycles. The van der Waals surface area contributed by atoms with Crippen molar-refractivity contribution >= 4 is 11.6 Å². The van der Waals surface area contributed by atoms with Crippen molar-refractivity contribution in [3.63, 3.8) is 0 Å². The van der Waals surface area contributed by atoms with E-state index < -0.39 is 0 Å². The lowest BCUT2D eigenvalue weighted by atomic mass is 10.1. The fraction of sp³-hybridized carbons (Fsp3) is 0.500. The first-order valence-corrected chi connectivity index (χ1v) is 5.91. The Morgan fingerprint density at radius 3 is 3.00 bits per heavy atom. The van der Waals surface area contributed by atoms with Gasteiger partial charge in [-0.05, 0) is 31.0 Å². The molecule has 0 aliphatic carbocycles. The number of hydrogen-bond acceptors (Lipinski definition) is 2. The first-order valence-electron chi connectivity index (χ1n) is 5.54. The minimum Gasteiger partial charge on any atom is -0.315 e. The van der Waals surface area contributed by atoms with Crippen molar-refractivity contribution in [1.29, 1.82) is 0 Å². The van der Waals surface area contributed by atoms with Crippen LogP contribution in [0.4, 0.5) is 0 Å². The summed E-state index contributed by atoms with van der Waals surface area (Å²) in [4.78, 5) is 0. The quantitative estimate of drug-likeness (QED) is 0.823. The van der Waals surface area contributed by atoms with Crippen molar-refractivity contribution in [2.24, 2.45) is 0 Å². The van der Waals surface area contributed by atoms with E-state index in [1.165, 1.54) is 18.4 Å². The van der Waals surface area contributed by atoms with Crippen molar-refractivity contribution < 1.29 is 0 Å². The topological polar surface area (TPSA) is 24.1 Å². The van der Waals surface area contributed by atoms with E-state index in [4.69, 9.17) is 11.6 Å². The molecule has 82 valence electrons. The molecule has 1 aliphatic heterocycles. The van der Waals surface area contributed by atoms with Gasteiger partial charge in [-0.2, -0.15) is 0 Å². The largest absolute Gasteiger partial charge is 0.315 e. The SMILES string of the molecule is Clc1ccccc1CN[C@H]1CCCNC1. The van der Waals surface area contributed by atoms with Gasteiger partial charge in [0.2, 0.25) is 0 Å². The van der Waals surface area contributed by atoms with Gasteiger partial charge < -0.3 is 10.6 Å². The van der Waals surface area contributed by atoms with Crippen LogP contribution in [-0.4, -0.2) is 19.1 Å². The average Bonchev–Trinajstić information content (AvgIpc) is 2.29. The van der Waals surface area contributed by atoms with E-state index >= 15 is 0 Å². The predicted octanol–water partition coefficient (Wildman–Crippen LogP) is 2.18. The molecule has 0 unspecified atom stereocenters. The average molecular weight is 225 g/mol. The summed E-state index contributed by atoms with van der Waals surface area (Å²) >= 11 is 6.09. The summed E-state index contributed by atoms with van der Waals surface area (Å²) < 4.78 is 0. The van der Waals surface area contributed by atoms with Crippen LogP contribution in [-0.2, 0) is 6.54 Å². The van der Waals surface area contributed by atoms with E-state index in [-0.39, 0.29) is 0 Å². The van der Waals surface area contributed by atoms with Crippen molar-refractivity contribution in [3.05, 3.63) is 34.9 Å². The summed E-state index contributed by atoms with van der Waals surface area (Å²) in [5, 5.41) is 7.78. The molecule has 1 aromatic carbocycles. The first-order chi connectivity index (χ1) is 7.36. The van der Waals surface area contributed by atoms with Crippen LogP contribution in [0.1, 0.15) is 18.4 Å². The van der Waals surface area contributed by atoms with Gasteiger partial charge in [0, 0.05) is 24.2 Å². The summed E-state index contributed by atoms with van der Waals surface area (Å²) in [5.74, 6) is 0. The maximum absolute atomic E-state index is 6.09. The van der Waals surface area contributed by atoms with Crippen LogP contribution >= 0.6 is 11.6 Å². The number of halogens is 1. The molecule has 1 atom stereocenters. The van der Waals surface area contributed by atoms with Gasteiger partial charge in [0.05, 0.1) is 0 Å². The molecule has 0 amide bonds. The second-order valence-electron chi connectivity index (χ2n) is 4.02. The Labute approximate surface area is 96.0 Å². The van der Waals surface area contributed by atoms with E-state index in [2.05, 4.69) is 16.7 Å². The summed E-state index contributed by atoms with van der Waals surface area (Å²) in [7, 11) is 0. The van der Waals surface area contributed by atoms with Crippen molar-refractivity contribution in [2.45, 2.75) is 25.4 Å². The molecule has 1 aromatic rings. The third-order valence-corrected chi connectivity index (χ3v) is 3.20. The Hall–Kier alpha value is -0.570. The lowest BCUT2D eigenvalue weighted by Crippen LogP contribution is -2.42. The molecule has 1 fully saturated rings. The van der Waals surface area contributed by atoms with Crippen LogP contribution in [0.15, 0.2) is 24.3 Å². The molecular formula is C12H17ClN2. The Balaban J connectivity index is 1.84. The molecule has 0 aromatic heterocycles. The first kappa shape index (κ1) is 10.9. The third kappa shape index (κ3) is 3.20. The normalized spacial score (nSPS) is 21.5. The number of hydrogen-bond donors (Lipinski definition) is 2.